The first-order chi connectivity index (χ1) is 14.5. The Hall–Kier alpha value is -3.52. The Balaban J connectivity index is 1.59. The number of hydrogen-bond acceptors (Lipinski definition) is 5. The van der Waals surface area contributed by atoms with E-state index in [0.717, 1.165) is 10.2 Å². The van der Waals surface area contributed by atoms with Crippen molar-refractivity contribution in [1.29, 1.82) is 0 Å². The van der Waals surface area contributed by atoms with Crippen molar-refractivity contribution in [3.63, 3.8) is 0 Å². The fraction of sp³-hybridized carbons (Fsp3) is 0.136. The molecule has 0 atom stereocenters. The molecule has 0 unspecified atom stereocenters. The van der Waals surface area contributed by atoms with Crippen LogP contribution in [0.15, 0.2) is 54.6 Å². The van der Waals surface area contributed by atoms with Crippen LogP contribution >= 0.6 is 11.3 Å². The fourth-order valence-electron chi connectivity index (χ4n) is 3.10. The fourth-order valence-corrected chi connectivity index (χ4v) is 4.07. The normalized spacial score (nSPS) is 10.9. The third-order valence-electron chi connectivity index (χ3n) is 4.52. The molecule has 4 rings (SSSR count). The van der Waals surface area contributed by atoms with E-state index in [-0.39, 0.29) is 11.7 Å². The molecule has 8 heteroatoms. The second-order valence-electron chi connectivity index (χ2n) is 6.53. The maximum absolute atomic E-state index is 14.2. The summed E-state index contributed by atoms with van der Waals surface area (Å²) in [5, 5.41) is 7.95. The number of aromatic nitrogens is 2. The van der Waals surface area contributed by atoms with Gasteiger partial charge in [-0.05, 0) is 49.4 Å². The third-order valence-corrected chi connectivity index (χ3v) is 5.72. The number of amides is 1. The predicted molar refractivity (Wildman–Crippen MR) is 114 cm³/mol. The molecule has 1 amide bonds. The van der Waals surface area contributed by atoms with Crippen LogP contribution in [0.5, 0.6) is 0 Å². The molecule has 0 fully saturated rings. The second-order valence-corrected chi connectivity index (χ2v) is 7.56. The van der Waals surface area contributed by atoms with Crippen molar-refractivity contribution >= 4 is 39.1 Å². The number of nitrogens with zero attached hydrogens (tertiary/aromatic N) is 2. The van der Waals surface area contributed by atoms with Crippen molar-refractivity contribution in [3.05, 3.63) is 70.9 Å². The third kappa shape index (κ3) is 3.69. The molecular weight excluding hydrogens is 405 g/mol. The molecule has 0 saturated carbocycles. The summed E-state index contributed by atoms with van der Waals surface area (Å²) in [5.41, 5.74) is 1.86. The van der Waals surface area contributed by atoms with Gasteiger partial charge in [0.1, 0.15) is 16.3 Å². The van der Waals surface area contributed by atoms with Crippen molar-refractivity contribution in [2.75, 3.05) is 11.9 Å². The SMILES string of the molecule is CCOC(=O)c1ccc(NC(=O)c2cc3c(-c4ccccc4F)nn(C)c3s2)cc1. The maximum Gasteiger partial charge on any atom is 0.338 e. The van der Waals surface area contributed by atoms with Gasteiger partial charge < -0.3 is 10.1 Å². The van der Waals surface area contributed by atoms with Crippen LogP contribution in [0.2, 0.25) is 0 Å². The van der Waals surface area contributed by atoms with Crippen LogP contribution in [0.3, 0.4) is 0 Å². The highest BCUT2D eigenvalue weighted by Crippen LogP contribution is 2.35. The van der Waals surface area contributed by atoms with Gasteiger partial charge in [-0.1, -0.05) is 12.1 Å². The zero-order chi connectivity index (χ0) is 21.3. The zero-order valence-electron chi connectivity index (χ0n) is 16.3. The standard InChI is InChI=1S/C22H18FN3O3S/c1-3-29-22(28)13-8-10-14(11-9-13)24-20(27)18-12-16-19(25-26(2)21(16)30-18)15-6-4-5-7-17(15)23/h4-12H,3H2,1-2H3,(H,24,27). The van der Waals surface area contributed by atoms with Crippen molar-refractivity contribution in [2.45, 2.75) is 6.92 Å². The number of benzene rings is 2. The minimum atomic E-state index is -0.409. The van der Waals surface area contributed by atoms with Crippen LogP contribution in [0.25, 0.3) is 21.5 Å². The van der Waals surface area contributed by atoms with Gasteiger partial charge in [0.05, 0.1) is 17.0 Å². The Morgan fingerprint density at radius 2 is 1.90 bits per heavy atom. The summed E-state index contributed by atoms with van der Waals surface area (Å²) in [4.78, 5) is 25.7. The molecule has 0 aliphatic rings. The molecular formula is C22H18FN3O3S. The Kier molecular flexibility index (Phi) is 5.33. The minimum absolute atomic E-state index is 0.292. The summed E-state index contributed by atoms with van der Waals surface area (Å²) in [5.74, 6) is -1.07. The van der Waals surface area contributed by atoms with E-state index in [2.05, 4.69) is 10.4 Å². The lowest BCUT2D eigenvalue weighted by Gasteiger charge is -2.05. The minimum Gasteiger partial charge on any atom is -0.462 e. The van der Waals surface area contributed by atoms with Crippen LogP contribution in [-0.4, -0.2) is 28.3 Å². The van der Waals surface area contributed by atoms with Gasteiger partial charge in [0, 0.05) is 23.7 Å². The van der Waals surface area contributed by atoms with Crippen molar-refractivity contribution in [1.82, 2.24) is 9.78 Å². The number of fused-ring (bicyclic) bond motifs is 1. The van der Waals surface area contributed by atoms with E-state index in [4.69, 9.17) is 4.74 Å². The summed E-state index contributed by atoms with van der Waals surface area (Å²) < 4.78 is 20.8. The van der Waals surface area contributed by atoms with Crippen LogP contribution in [-0.2, 0) is 11.8 Å². The van der Waals surface area contributed by atoms with Gasteiger partial charge in [-0.3, -0.25) is 9.48 Å². The molecule has 0 spiro atoms. The van der Waals surface area contributed by atoms with E-state index in [0.29, 0.717) is 34.0 Å². The first kappa shape index (κ1) is 19.8. The number of thiophene rings is 1. The molecule has 0 radical (unpaired) electrons. The number of anilines is 1. The van der Waals surface area contributed by atoms with E-state index in [1.54, 1.807) is 67.2 Å². The number of hydrogen-bond donors (Lipinski definition) is 1. The first-order valence-electron chi connectivity index (χ1n) is 9.28. The molecule has 0 aliphatic heterocycles. The quantitative estimate of drug-likeness (QED) is 0.465. The lowest BCUT2D eigenvalue weighted by molar-refractivity contribution is 0.0526. The van der Waals surface area contributed by atoms with Gasteiger partial charge in [-0.15, -0.1) is 11.3 Å². The number of halogens is 1. The summed E-state index contributed by atoms with van der Waals surface area (Å²) in [6.07, 6.45) is 0. The Morgan fingerprint density at radius 1 is 1.17 bits per heavy atom. The molecule has 2 heterocycles. The highest BCUT2D eigenvalue weighted by Gasteiger charge is 2.19. The number of carbonyl (C=O) groups excluding carboxylic acids is 2. The van der Waals surface area contributed by atoms with Gasteiger partial charge in [-0.25, -0.2) is 9.18 Å². The Bertz CT molecular complexity index is 1240. The van der Waals surface area contributed by atoms with Gasteiger partial charge in [0.25, 0.3) is 5.91 Å². The number of esters is 1. The van der Waals surface area contributed by atoms with E-state index < -0.39 is 5.97 Å². The number of carbonyl (C=O) groups is 2. The zero-order valence-corrected chi connectivity index (χ0v) is 17.1. The second kappa shape index (κ2) is 8.08. The molecule has 0 saturated heterocycles. The summed E-state index contributed by atoms with van der Waals surface area (Å²) in [6, 6.07) is 14.6. The molecule has 152 valence electrons. The van der Waals surface area contributed by atoms with Crippen LogP contribution in [0.1, 0.15) is 27.0 Å². The van der Waals surface area contributed by atoms with Crippen molar-refractivity contribution in [2.24, 2.45) is 7.05 Å². The van der Waals surface area contributed by atoms with E-state index >= 15 is 0 Å². The van der Waals surface area contributed by atoms with E-state index in [1.165, 1.54) is 17.4 Å². The topological polar surface area (TPSA) is 73.2 Å². The summed E-state index contributed by atoms with van der Waals surface area (Å²) in [7, 11) is 1.76. The molecule has 2 aromatic carbocycles. The maximum atomic E-state index is 14.2. The van der Waals surface area contributed by atoms with Crippen LogP contribution < -0.4 is 5.32 Å². The molecule has 30 heavy (non-hydrogen) atoms. The molecule has 4 aromatic rings. The highest BCUT2D eigenvalue weighted by atomic mass is 32.1. The van der Waals surface area contributed by atoms with Gasteiger partial charge in [0.15, 0.2) is 0 Å². The summed E-state index contributed by atoms with van der Waals surface area (Å²) >= 11 is 1.28. The lowest BCUT2D eigenvalue weighted by atomic mass is 10.1. The Morgan fingerprint density at radius 3 is 2.60 bits per heavy atom. The van der Waals surface area contributed by atoms with Crippen LogP contribution in [0.4, 0.5) is 10.1 Å². The average Bonchev–Trinajstić information content (AvgIpc) is 3.30. The van der Waals surface area contributed by atoms with Crippen molar-refractivity contribution < 1.29 is 18.7 Å². The number of nitrogens with one attached hydrogen (secondary N) is 1. The van der Waals surface area contributed by atoms with E-state index in [9.17, 15) is 14.0 Å². The highest BCUT2D eigenvalue weighted by molar-refractivity contribution is 7.20. The number of aryl methyl sites for hydroxylation is 1. The molecule has 6 nitrogen and oxygen atoms in total. The average molecular weight is 423 g/mol. The summed E-state index contributed by atoms with van der Waals surface area (Å²) in [6.45, 7) is 2.04. The lowest BCUT2D eigenvalue weighted by Crippen LogP contribution is -2.10. The predicted octanol–water partition coefficient (Wildman–Crippen LogP) is 4.87. The van der Waals surface area contributed by atoms with Gasteiger partial charge >= 0.3 is 5.97 Å². The van der Waals surface area contributed by atoms with Gasteiger partial charge in [0.2, 0.25) is 0 Å². The molecule has 0 aliphatic carbocycles. The number of ether oxygens (including phenoxy) is 1. The Labute approximate surface area is 175 Å². The molecule has 2 aromatic heterocycles. The van der Waals surface area contributed by atoms with Crippen molar-refractivity contribution in [3.8, 4) is 11.3 Å². The molecule has 1 N–H and O–H groups in total. The first-order valence-corrected chi connectivity index (χ1v) is 10.1. The molecule has 0 bridgehead atoms. The monoisotopic (exact) mass is 423 g/mol. The van der Waals surface area contributed by atoms with E-state index in [1.807, 2.05) is 0 Å². The van der Waals surface area contributed by atoms with Crippen LogP contribution in [0, 0.1) is 5.82 Å². The number of rotatable bonds is 5. The largest absolute Gasteiger partial charge is 0.462 e. The smallest absolute Gasteiger partial charge is 0.338 e. The van der Waals surface area contributed by atoms with Gasteiger partial charge in [-0.2, -0.15) is 5.10 Å².